The highest BCUT2D eigenvalue weighted by atomic mass is 16.5. The summed E-state index contributed by atoms with van der Waals surface area (Å²) in [6.07, 6.45) is 2.23. The van der Waals surface area contributed by atoms with E-state index in [4.69, 9.17) is 4.74 Å². The number of nitrogens with zero attached hydrogens (tertiary/aromatic N) is 2. The first-order chi connectivity index (χ1) is 8.83. The van der Waals surface area contributed by atoms with Gasteiger partial charge in [0, 0.05) is 38.4 Å². The van der Waals surface area contributed by atoms with Gasteiger partial charge in [-0.25, -0.2) is 0 Å². The lowest BCUT2D eigenvalue weighted by Crippen LogP contribution is -2.46. The second-order valence-electron chi connectivity index (χ2n) is 4.62. The van der Waals surface area contributed by atoms with Gasteiger partial charge in [0.1, 0.15) is 5.75 Å². The molecular weight excluding hydrogens is 224 g/mol. The molecule has 0 atom stereocenters. The van der Waals surface area contributed by atoms with Crippen LogP contribution in [-0.2, 0) is 0 Å². The summed E-state index contributed by atoms with van der Waals surface area (Å²) in [4.78, 5) is 4.94. The molecule has 1 aromatic rings. The molecule has 1 aliphatic heterocycles. The van der Waals surface area contributed by atoms with Gasteiger partial charge in [0.15, 0.2) is 0 Å². The fourth-order valence-corrected chi connectivity index (χ4v) is 2.37. The summed E-state index contributed by atoms with van der Waals surface area (Å²) in [5, 5.41) is 0. The van der Waals surface area contributed by atoms with Crippen LogP contribution < -0.4 is 9.64 Å². The first-order valence-electron chi connectivity index (χ1n) is 6.81. The van der Waals surface area contributed by atoms with Crippen molar-refractivity contribution >= 4 is 5.69 Å². The molecule has 0 bridgehead atoms. The summed E-state index contributed by atoms with van der Waals surface area (Å²) in [5.74, 6) is 0.959. The molecule has 0 aliphatic carbocycles. The number of hydrogen-bond donors (Lipinski definition) is 0. The molecule has 1 aliphatic rings. The molecule has 18 heavy (non-hydrogen) atoms. The molecule has 0 spiro atoms. The predicted octanol–water partition coefficient (Wildman–Crippen LogP) is 2.43. The minimum atomic E-state index is 0.728. The zero-order valence-corrected chi connectivity index (χ0v) is 11.4. The molecule has 0 saturated carbocycles. The van der Waals surface area contributed by atoms with Gasteiger partial charge in [-0.15, -0.1) is 0 Å². The van der Waals surface area contributed by atoms with Crippen LogP contribution >= 0.6 is 0 Å². The third-order valence-electron chi connectivity index (χ3n) is 3.33. The highest BCUT2D eigenvalue weighted by Gasteiger charge is 2.16. The van der Waals surface area contributed by atoms with Crippen molar-refractivity contribution in [1.29, 1.82) is 0 Å². The Morgan fingerprint density at radius 3 is 2.33 bits per heavy atom. The van der Waals surface area contributed by atoms with Gasteiger partial charge in [0.2, 0.25) is 0 Å². The van der Waals surface area contributed by atoms with Crippen molar-refractivity contribution in [2.75, 3.05) is 44.2 Å². The summed E-state index contributed by atoms with van der Waals surface area (Å²) < 4.78 is 5.47. The zero-order valence-electron chi connectivity index (χ0n) is 11.4. The molecule has 0 aromatic heterocycles. The molecule has 1 aromatic carbocycles. The Labute approximate surface area is 110 Å². The Balaban J connectivity index is 1.89. The van der Waals surface area contributed by atoms with E-state index in [-0.39, 0.29) is 0 Å². The van der Waals surface area contributed by atoms with E-state index in [0.29, 0.717) is 0 Å². The van der Waals surface area contributed by atoms with Crippen LogP contribution in [0.3, 0.4) is 0 Å². The maximum Gasteiger partial charge on any atom is 0.119 e. The van der Waals surface area contributed by atoms with Gasteiger partial charge in [0.05, 0.1) is 6.61 Å². The molecule has 99 valence electrons. The molecule has 3 nitrogen and oxygen atoms in total. The van der Waals surface area contributed by atoms with Crippen LogP contribution in [0.25, 0.3) is 0 Å². The third kappa shape index (κ3) is 3.39. The minimum absolute atomic E-state index is 0.728. The molecule has 0 amide bonds. The Morgan fingerprint density at radius 2 is 1.78 bits per heavy atom. The monoisotopic (exact) mass is 247 g/mol. The number of piperazine rings is 1. The summed E-state index contributed by atoms with van der Waals surface area (Å²) in [5.41, 5.74) is 1.30. The highest BCUT2D eigenvalue weighted by molar-refractivity contribution is 5.49. The fourth-order valence-electron chi connectivity index (χ4n) is 2.37. The van der Waals surface area contributed by atoms with E-state index < -0.39 is 0 Å². The van der Waals surface area contributed by atoms with Gasteiger partial charge in [-0.2, -0.15) is 0 Å². The average molecular weight is 247 g/mol. The molecule has 1 heterocycles. The highest BCUT2D eigenvalue weighted by Crippen LogP contribution is 2.20. The van der Waals surface area contributed by atoms with Crippen molar-refractivity contribution in [3.63, 3.8) is 0 Å². The Bertz CT molecular complexity index is 342. The summed E-state index contributed by atoms with van der Waals surface area (Å²) in [6.45, 7) is 10.5. The molecule has 0 N–H and O–H groups in total. The fraction of sp³-hybridized carbons (Fsp3) is 0.533. The van der Waals surface area contributed by atoms with Crippen LogP contribution in [-0.4, -0.2) is 44.2 Å². The average Bonchev–Trinajstić information content (AvgIpc) is 2.41. The number of hydrogen-bond acceptors (Lipinski definition) is 3. The third-order valence-corrected chi connectivity index (χ3v) is 3.33. The SMILES string of the molecule is C[CH]CN1CCN(c2ccc(OCC)cc2)CC1. The van der Waals surface area contributed by atoms with Crippen molar-refractivity contribution < 1.29 is 4.74 Å². The second kappa shape index (κ2) is 6.64. The normalized spacial score (nSPS) is 16.9. The predicted molar refractivity (Wildman–Crippen MR) is 76.2 cm³/mol. The summed E-state index contributed by atoms with van der Waals surface area (Å²) in [7, 11) is 0. The molecule has 2 rings (SSSR count). The summed E-state index contributed by atoms with van der Waals surface area (Å²) in [6, 6.07) is 8.44. The quantitative estimate of drug-likeness (QED) is 0.795. The van der Waals surface area contributed by atoms with Gasteiger partial charge in [-0.1, -0.05) is 6.92 Å². The zero-order chi connectivity index (χ0) is 12.8. The van der Waals surface area contributed by atoms with E-state index in [1.54, 1.807) is 0 Å². The molecule has 1 radical (unpaired) electrons. The largest absolute Gasteiger partial charge is 0.494 e. The lowest BCUT2D eigenvalue weighted by atomic mass is 10.2. The molecular formula is C15H23N2O. The van der Waals surface area contributed by atoms with Crippen LogP contribution in [0.4, 0.5) is 5.69 Å². The lowest BCUT2D eigenvalue weighted by Gasteiger charge is -2.36. The Kier molecular flexibility index (Phi) is 4.88. The van der Waals surface area contributed by atoms with Crippen molar-refractivity contribution in [2.24, 2.45) is 0 Å². The van der Waals surface area contributed by atoms with E-state index in [0.717, 1.165) is 45.1 Å². The van der Waals surface area contributed by atoms with Crippen LogP contribution in [0, 0.1) is 6.42 Å². The Morgan fingerprint density at radius 1 is 1.11 bits per heavy atom. The first kappa shape index (κ1) is 13.2. The van der Waals surface area contributed by atoms with E-state index in [2.05, 4.69) is 47.4 Å². The topological polar surface area (TPSA) is 15.7 Å². The second-order valence-corrected chi connectivity index (χ2v) is 4.62. The molecule has 3 heteroatoms. The maximum absolute atomic E-state index is 5.47. The number of ether oxygens (including phenoxy) is 1. The Hall–Kier alpha value is -1.22. The van der Waals surface area contributed by atoms with Gasteiger partial charge < -0.3 is 9.64 Å². The first-order valence-corrected chi connectivity index (χ1v) is 6.81. The standard InChI is InChI=1S/C15H23N2O/c1-3-9-16-10-12-17(13-11-16)14-5-7-15(8-6-14)18-4-2/h3,5-8H,4,9-13H2,1-2H3. The molecule has 0 unspecified atom stereocenters. The molecule has 1 fully saturated rings. The van der Waals surface area contributed by atoms with Crippen molar-refractivity contribution in [3.8, 4) is 5.75 Å². The number of rotatable bonds is 5. The van der Waals surface area contributed by atoms with Crippen molar-refractivity contribution in [3.05, 3.63) is 30.7 Å². The van der Waals surface area contributed by atoms with Crippen LogP contribution in [0.1, 0.15) is 13.8 Å². The number of anilines is 1. The van der Waals surface area contributed by atoms with E-state index in [1.807, 2.05) is 6.92 Å². The van der Waals surface area contributed by atoms with Crippen LogP contribution in [0.15, 0.2) is 24.3 Å². The minimum Gasteiger partial charge on any atom is -0.494 e. The van der Waals surface area contributed by atoms with Crippen molar-refractivity contribution in [2.45, 2.75) is 13.8 Å². The van der Waals surface area contributed by atoms with E-state index in [9.17, 15) is 0 Å². The van der Waals surface area contributed by atoms with Gasteiger partial charge in [-0.3, -0.25) is 4.90 Å². The van der Waals surface area contributed by atoms with Crippen LogP contribution in [0.2, 0.25) is 0 Å². The van der Waals surface area contributed by atoms with E-state index in [1.165, 1.54) is 5.69 Å². The summed E-state index contributed by atoms with van der Waals surface area (Å²) >= 11 is 0. The van der Waals surface area contributed by atoms with Gasteiger partial charge in [-0.05, 0) is 37.6 Å². The van der Waals surface area contributed by atoms with Crippen LogP contribution in [0.5, 0.6) is 5.75 Å². The number of benzene rings is 1. The van der Waals surface area contributed by atoms with Gasteiger partial charge >= 0.3 is 0 Å². The van der Waals surface area contributed by atoms with Crippen molar-refractivity contribution in [1.82, 2.24) is 4.90 Å². The maximum atomic E-state index is 5.47. The smallest absolute Gasteiger partial charge is 0.119 e. The molecule has 1 saturated heterocycles. The van der Waals surface area contributed by atoms with E-state index >= 15 is 0 Å². The van der Waals surface area contributed by atoms with Gasteiger partial charge in [0.25, 0.3) is 0 Å². The lowest BCUT2D eigenvalue weighted by molar-refractivity contribution is 0.276.